The number of carbonyl (C=O) groups is 1. The number of amides is 1. The Labute approximate surface area is 91.9 Å². The van der Waals surface area contributed by atoms with Crippen molar-refractivity contribution in [2.45, 2.75) is 0 Å². The standard InChI is InChI=1S/C11H10FN3O/c1-15-9(10(16)14-11(15)13)6-7-2-4-8(12)5-3-7/h2-6H,1H3,(H2,13,14,16)/b9-6+. The maximum absolute atomic E-state index is 12.7. The summed E-state index contributed by atoms with van der Waals surface area (Å²) in [6.07, 6.45) is 1.62. The van der Waals surface area contributed by atoms with Gasteiger partial charge in [0, 0.05) is 7.05 Å². The normalized spacial score (nSPS) is 18.1. The molecule has 4 nitrogen and oxygen atoms in total. The highest BCUT2D eigenvalue weighted by Gasteiger charge is 2.23. The SMILES string of the molecule is CN1C(N)=NC(=O)/C1=C\c1ccc(F)cc1. The smallest absolute Gasteiger partial charge is 0.296 e. The van der Waals surface area contributed by atoms with Gasteiger partial charge in [-0.25, -0.2) is 4.39 Å². The predicted molar refractivity (Wildman–Crippen MR) is 58.8 cm³/mol. The second-order valence-corrected chi connectivity index (χ2v) is 3.42. The maximum atomic E-state index is 12.7. The number of hydrogen-bond donors (Lipinski definition) is 1. The minimum Gasteiger partial charge on any atom is -0.369 e. The van der Waals surface area contributed by atoms with Gasteiger partial charge in [0.05, 0.1) is 0 Å². The highest BCUT2D eigenvalue weighted by molar-refractivity contribution is 6.11. The van der Waals surface area contributed by atoms with E-state index in [9.17, 15) is 9.18 Å². The van der Waals surface area contributed by atoms with Gasteiger partial charge >= 0.3 is 0 Å². The molecule has 1 aromatic rings. The molecule has 0 aromatic heterocycles. The van der Waals surface area contributed by atoms with Crippen molar-refractivity contribution in [1.29, 1.82) is 0 Å². The molecule has 0 saturated carbocycles. The number of likely N-dealkylation sites (N-methyl/N-ethyl adjacent to an activating group) is 1. The molecule has 1 amide bonds. The average Bonchev–Trinajstić information content (AvgIpc) is 2.48. The number of nitrogens with zero attached hydrogens (tertiary/aromatic N) is 2. The van der Waals surface area contributed by atoms with Gasteiger partial charge in [0.15, 0.2) is 0 Å². The number of benzene rings is 1. The summed E-state index contributed by atoms with van der Waals surface area (Å²) in [7, 11) is 1.65. The van der Waals surface area contributed by atoms with E-state index >= 15 is 0 Å². The van der Waals surface area contributed by atoms with Crippen LogP contribution in [0.4, 0.5) is 4.39 Å². The van der Waals surface area contributed by atoms with Gasteiger partial charge < -0.3 is 10.6 Å². The third-order valence-corrected chi connectivity index (χ3v) is 2.31. The number of nitrogens with two attached hydrogens (primary N) is 1. The first-order chi connectivity index (χ1) is 7.58. The lowest BCUT2D eigenvalue weighted by molar-refractivity contribution is -0.114. The zero-order chi connectivity index (χ0) is 11.7. The lowest BCUT2D eigenvalue weighted by Crippen LogP contribution is -2.28. The number of carbonyl (C=O) groups excluding carboxylic acids is 1. The largest absolute Gasteiger partial charge is 0.369 e. The molecule has 1 aliphatic rings. The second kappa shape index (κ2) is 3.77. The molecule has 2 rings (SSSR count). The van der Waals surface area contributed by atoms with Gasteiger partial charge in [-0.3, -0.25) is 4.79 Å². The van der Waals surface area contributed by atoms with Crippen LogP contribution < -0.4 is 5.73 Å². The van der Waals surface area contributed by atoms with E-state index in [1.165, 1.54) is 17.0 Å². The van der Waals surface area contributed by atoms with E-state index in [0.717, 1.165) is 5.56 Å². The van der Waals surface area contributed by atoms with Crippen molar-refractivity contribution in [2.24, 2.45) is 10.7 Å². The van der Waals surface area contributed by atoms with Gasteiger partial charge in [-0.2, -0.15) is 4.99 Å². The number of hydrogen-bond acceptors (Lipinski definition) is 3. The Morgan fingerprint density at radius 1 is 1.38 bits per heavy atom. The molecular weight excluding hydrogens is 209 g/mol. The lowest BCUT2D eigenvalue weighted by atomic mass is 10.2. The topological polar surface area (TPSA) is 58.7 Å². The van der Waals surface area contributed by atoms with Crippen molar-refractivity contribution in [3.63, 3.8) is 0 Å². The average molecular weight is 219 g/mol. The van der Waals surface area contributed by atoms with E-state index in [1.54, 1.807) is 25.3 Å². The molecule has 0 unspecified atom stereocenters. The van der Waals surface area contributed by atoms with Crippen LogP contribution in [-0.2, 0) is 4.79 Å². The van der Waals surface area contributed by atoms with Gasteiger partial charge in [0.1, 0.15) is 11.5 Å². The number of rotatable bonds is 1. The molecule has 0 radical (unpaired) electrons. The molecule has 0 saturated heterocycles. The van der Waals surface area contributed by atoms with Crippen LogP contribution >= 0.6 is 0 Å². The predicted octanol–water partition coefficient (Wildman–Crippen LogP) is 0.953. The van der Waals surface area contributed by atoms with Crippen molar-refractivity contribution >= 4 is 17.9 Å². The molecule has 0 aliphatic carbocycles. The number of aliphatic imine (C=N–C) groups is 1. The number of guanidine groups is 1. The quantitative estimate of drug-likeness (QED) is 0.715. The molecule has 1 aromatic carbocycles. The molecule has 0 atom stereocenters. The maximum Gasteiger partial charge on any atom is 0.296 e. The Hall–Kier alpha value is -2.17. The van der Waals surface area contributed by atoms with Crippen LogP contribution in [0.5, 0.6) is 0 Å². The molecule has 0 bridgehead atoms. The zero-order valence-corrected chi connectivity index (χ0v) is 8.64. The summed E-state index contributed by atoms with van der Waals surface area (Å²) < 4.78 is 12.7. The monoisotopic (exact) mass is 219 g/mol. The molecule has 1 heterocycles. The van der Waals surface area contributed by atoms with Crippen LogP contribution in [0.25, 0.3) is 6.08 Å². The fraction of sp³-hybridized carbons (Fsp3) is 0.0909. The summed E-state index contributed by atoms with van der Waals surface area (Å²) in [6.45, 7) is 0. The first-order valence-electron chi connectivity index (χ1n) is 4.67. The van der Waals surface area contributed by atoms with Crippen molar-refractivity contribution in [3.05, 3.63) is 41.3 Å². The molecular formula is C11H10FN3O. The fourth-order valence-corrected chi connectivity index (χ4v) is 1.38. The van der Waals surface area contributed by atoms with Crippen LogP contribution in [0.15, 0.2) is 35.0 Å². The molecule has 1 aliphatic heterocycles. The molecule has 2 N–H and O–H groups in total. The van der Waals surface area contributed by atoms with Gasteiger partial charge in [-0.1, -0.05) is 12.1 Å². The molecule has 0 spiro atoms. The van der Waals surface area contributed by atoms with E-state index in [2.05, 4.69) is 4.99 Å². The third kappa shape index (κ3) is 1.79. The van der Waals surface area contributed by atoms with E-state index < -0.39 is 0 Å². The van der Waals surface area contributed by atoms with Crippen molar-refractivity contribution in [3.8, 4) is 0 Å². The third-order valence-electron chi connectivity index (χ3n) is 2.31. The molecule has 5 heteroatoms. The summed E-state index contributed by atoms with van der Waals surface area (Å²) in [4.78, 5) is 16.5. The molecule has 0 fully saturated rings. The summed E-state index contributed by atoms with van der Waals surface area (Å²) >= 11 is 0. The Kier molecular flexibility index (Phi) is 2.44. The van der Waals surface area contributed by atoms with Crippen molar-refractivity contribution in [2.75, 3.05) is 7.05 Å². The minimum absolute atomic E-state index is 0.165. The Morgan fingerprint density at radius 3 is 2.50 bits per heavy atom. The first-order valence-corrected chi connectivity index (χ1v) is 4.67. The fourth-order valence-electron chi connectivity index (χ4n) is 1.38. The van der Waals surface area contributed by atoms with Crippen molar-refractivity contribution in [1.82, 2.24) is 4.90 Å². The van der Waals surface area contributed by atoms with Gasteiger partial charge in [-0.05, 0) is 23.8 Å². The van der Waals surface area contributed by atoms with Crippen molar-refractivity contribution < 1.29 is 9.18 Å². The molecule has 82 valence electrons. The summed E-state index contributed by atoms with van der Waals surface area (Å²) in [5.74, 6) is -0.535. The highest BCUT2D eigenvalue weighted by Crippen LogP contribution is 2.16. The summed E-state index contributed by atoms with van der Waals surface area (Å²) in [5, 5.41) is 0. The van der Waals surface area contributed by atoms with E-state index in [4.69, 9.17) is 5.73 Å². The van der Waals surface area contributed by atoms with Crippen LogP contribution in [-0.4, -0.2) is 23.8 Å². The minimum atomic E-state index is -0.385. The Balaban J connectivity index is 2.32. The lowest BCUT2D eigenvalue weighted by Gasteiger charge is -2.10. The van der Waals surface area contributed by atoms with Crippen LogP contribution in [0.3, 0.4) is 0 Å². The van der Waals surface area contributed by atoms with Gasteiger partial charge in [0.2, 0.25) is 5.96 Å². The Morgan fingerprint density at radius 2 is 2.00 bits per heavy atom. The highest BCUT2D eigenvalue weighted by atomic mass is 19.1. The zero-order valence-electron chi connectivity index (χ0n) is 8.64. The van der Waals surface area contributed by atoms with Crippen LogP contribution in [0, 0.1) is 5.82 Å². The van der Waals surface area contributed by atoms with Gasteiger partial charge in [-0.15, -0.1) is 0 Å². The second-order valence-electron chi connectivity index (χ2n) is 3.42. The number of halogens is 1. The van der Waals surface area contributed by atoms with E-state index in [-0.39, 0.29) is 17.7 Å². The first kappa shape index (κ1) is 10.4. The summed E-state index contributed by atoms with van der Waals surface area (Å²) in [6, 6.07) is 5.82. The van der Waals surface area contributed by atoms with Crippen LogP contribution in [0.1, 0.15) is 5.56 Å². The Bertz CT molecular complexity index is 490. The van der Waals surface area contributed by atoms with Crippen LogP contribution in [0.2, 0.25) is 0 Å². The van der Waals surface area contributed by atoms with E-state index in [1.807, 2.05) is 0 Å². The molecule has 16 heavy (non-hydrogen) atoms. The van der Waals surface area contributed by atoms with Gasteiger partial charge in [0.25, 0.3) is 5.91 Å². The summed E-state index contributed by atoms with van der Waals surface area (Å²) in [5.41, 5.74) is 6.59. The van der Waals surface area contributed by atoms with E-state index in [0.29, 0.717) is 5.70 Å².